The molecule has 1 unspecified atom stereocenters. The van der Waals surface area contributed by atoms with Crippen LogP contribution in [0.4, 0.5) is 5.69 Å². The summed E-state index contributed by atoms with van der Waals surface area (Å²) in [4.78, 5) is 15.5. The lowest BCUT2D eigenvalue weighted by Gasteiger charge is -2.09. The molecule has 18 heavy (non-hydrogen) atoms. The van der Waals surface area contributed by atoms with Crippen LogP contribution in [0.5, 0.6) is 0 Å². The number of fused-ring (bicyclic) bond motifs is 1. The molecule has 1 saturated heterocycles. The number of nitrogens with two attached hydrogens (primary N) is 1. The van der Waals surface area contributed by atoms with E-state index in [2.05, 4.69) is 10.3 Å². The molecule has 1 atom stereocenters. The van der Waals surface area contributed by atoms with Gasteiger partial charge in [0.1, 0.15) is 5.82 Å². The van der Waals surface area contributed by atoms with E-state index in [0.29, 0.717) is 11.2 Å². The molecule has 4 N–H and O–H groups in total. The van der Waals surface area contributed by atoms with Crippen molar-refractivity contribution in [3.05, 3.63) is 29.8 Å². The number of rotatable bonds is 2. The maximum atomic E-state index is 11.2. The summed E-state index contributed by atoms with van der Waals surface area (Å²) in [5.74, 6) is -0.284. The zero-order valence-corrected chi connectivity index (χ0v) is 9.76. The topological polar surface area (TPSA) is 92.7 Å². The van der Waals surface area contributed by atoms with Crippen LogP contribution in [0.2, 0.25) is 0 Å². The molecule has 2 aromatic rings. The van der Waals surface area contributed by atoms with Crippen LogP contribution < -0.4 is 11.1 Å². The molecule has 1 aliphatic heterocycles. The minimum absolute atomic E-state index is 0.0821. The van der Waals surface area contributed by atoms with Crippen LogP contribution in [0, 0.1) is 0 Å². The van der Waals surface area contributed by atoms with Gasteiger partial charge in [-0.1, -0.05) is 0 Å². The predicted molar refractivity (Wildman–Crippen MR) is 66.5 cm³/mol. The smallest absolute Gasteiger partial charge is 0.356 e. The number of carbonyl (C=O) groups is 1. The van der Waals surface area contributed by atoms with E-state index in [9.17, 15) is 9.90 Å². The summed E-state index contributed by atoms with van der Waals surface area (Å²) in [7, 11) is 0. The molecular weight excluding hydrogens is 232 g/mol. The highest BCUT2D eigenvalue weighted by Crippen LogP contribution is 2.25. The average Bonchev–Trinajstić information content (AvgIpc) is 2.93. The number of hydrogen-bond donors (Lipinski definition) is 3. The Hall–Kier alpha value is -2.08. The Bertz CT molecular complexity index is 614. The Balaban J connectivity index is 2.23. The van der Waals surface area contributed by atoms with Gasteiger partial charge < -0.3 is 16.2 Å². The lowest BCUT2D eigenvalue weighted by molar-refractivity contribution is 0.0693. The molecule has 1 aliphatic rings. The van der Waals surface area contributed by atoms with Crippen molar-refractivity contribution in [3.8, 4) is 0 Å². The molecule has 1 fully saturated rings. The van der Waals surface area contributed by atoms with Crippen LogP contribution in [0.15, 0.2) is 18.3 Å². The quantitative estimate of drug-likeness (QED) is 0.736. The first-order valence-electron chi connectivity index (χ1n) is 5.91. The fourth-order valence-corrected chi connectivity index (χ4v) is 2.43. The van der Waals surface area contributed by atoms with Gasteiger partial charge in [0, 0.05) is 11.9 Å². The Labute approximate surface area is 103 Å². The lowest BCUT2D eigenvalue weighted by atomic mass is 10.2. The number of nitrogens with one attached hydrogen (secondary N) is 1. The number of hydrogen-bond acceptors (Lipinski definition) is 4. The number of aromatic nitrogens is 2. The second-order valence-electron chi connectivity index (χ2n) is 4.49. The number of nitrogens with zero attached hydrogens (tertiary/aromatic N) is 2. The van der Waals surface area contributed by atoms with Gasteiger partial charge in [-0.3, -0.25) is 4.40 Å². The summed E-state index contributed by atoms with van der Waals surface area (Å²) in [6.45, 7) is 0.935. The van der Waals surface area contributed by atoms with Crippen LogP contribution >= 0.6 is 0 Å². The number of imidazole rings is 1. The highest BCUT2D eigenvalue weighted by atomic mass is 16.4. The van der Waals surface area contributed by atoms with Crippen molar-refractivity contribution in [2.24, 2.45) is 0 Å². The molecule has 3 heterocycles. The van der Waals surface area contributed by atoms with E-state index in [1.807, 2.05) is 0 Å². The average molecular weight is 246 g/mol. The van der Waals surface area contributed by atoms with E-state index in [0.717, 1.165) is 25.2 Å². The molecule has 3 rings (SSSR count). The SMILES string of the molecule is Nc1ccc2c(C(=O)O)nc(C3CCCN3)n2c1. The summed E-state index contributed by atoms with van der Waals surface area (Å²) in [6.07, 6.45) is 3.77. The van der Waals surface area contributed by atoms with Crippen molar-refractivity contribution >= 4 is 17.2 Å². The van der Waals surface area contributed by atoms with Crippen LogP contribution in [-0.2, 0) is 0 Å². The third-order valence-electron chi connectivity index (χ3n) is 3.26. The number of carboxylic acid groups (broad SMARTS) is 1. The first-order valence-corrected chi connectivity index (χ1v) is 5.91. The molecule has 0 radical (unpaired) electrons. The van der Waals surface area contributed by atoms with Crippen molar-refractivity contribution in [2.45, 2.75) is 18.9 Å². The molecule has 0 aliphatic carbocycles. The maximum absolute atomic E-state index is 11.2. The zero-order chi connectivity index (χ0) is 12.7. The van der Waals surface area contributed by atoms with Gasteiger partial charge in [0.25, 0.3) is 0 Å². The van der Waals surface area contributed by atoms with E-state index in [1.54, 1.807) is 22.7 Å². The number of carboxylic acids is 1. The third-order valence-corrected chi connectivity index (χ3v) is 3.26. The highest BCUT2D eigenvalue weighted by molar-refractivity contribution is 5.93. The van der Waals surface area contributed by atoms with Gasteiger partial charge in [-0.05, 0) is 31.5 Å². The second-order valence-corrected chi connectivity index (χ2v) is 4.49. The maximum Gasteiger partial charge on any atom is 0.356 e. The molecule has 6 nitrogen and oxygen atoms in total. The van der Waals surface area contributed by atoms with Gasteiger partial charge in [-0.25, -0.2) is 9.78 Å². The largest absolute Gasteiger partial charge is 0.476 e. The van der Waals surface area contributed by atoms with Crippen LogP contribution in [0.25, 0.3) is 5.52 Å². The van der Waals surface area contributed by atoms with Crippen molar-refractivity contribution in [1.29, 1.82) is 0 Å². The van der Waals surface area contributed by atoms with E-state index in [-0.39, 0.29) is 11.7 Å². The van der Waals surface area contributed by atoms with Crippen LogP contribution in [-0.4, -0.2) is 27.0 Å². The van der Waals surface area contributed by atoms with E-state index in [4.69, 9.17) is 5.73 Å². The van der Waals surface area contributed by atoms with Gasteiger partial charge in [-0.15, -0.1) is 0 Å². The van der Waals surface area contributed by atoms with Crippen LogP contribution in [0.3, 0.4) is 0 Å². The summed E-state index contributed by atoms with van der Waals surface area (Å²) in [5.41, 5.74) is 7.02. The molecule has 0 amide bonds. The number of nitrogen functional groups attached to an aromatic ring is 1. The van der Waals surface area contributed by atoms with Gasteiger partial charge >= 0.3 is 5.97 Å². The van der Waals surface area contributed by atoms with E-state index >= 15 is 0 Å². The Morgan fingerprint density at radius 2 is 2.39 bits per heavy atom. The Morgan fingerprint density at radius 1 is 1.56 bits per heavy atom. The van der Waals surface area contributed by atoms with Gasteiger partial charge in [-0.2, -0.15) is 0 Å². The highest BCUT2D eigenvalue weighted by Gasteiger charge is 2.24. The summed E-state index contributed by atoms with van der Waals surface area (Å²) in [6, 6.07) is 3.49. The minimum atomic E-state index is -1.01. The zero-order valence-electron chi connectivity index (χ0n) is 9.76. The van der Waals surface area contributed by atoms with Gasteiger partial charge in [0.15, 0.2) is 5.69 Å². The monoisotopic (exact) mass is 246 g/mol. The molecule has 6 heteroatoms. The number of pyridine rings is 1. The predicted octanol–water partition coefficient (Wildman–Crippen LogP) is 1.04. The molecule has 2 aromatic heterocycles. The first-order chi connectivity index (χ1) is 8.66. The molecular formula is C12H14N4O2. The normalized spacial score (nSPS) is 19.4. The molecule has 0 aromatic carbocycles. The van der Waals surface area contributed by atoms with Crippen molar-refractivity contribution in [1.82, 2.24) is 14.7 Å². The van der Waals surface area contributed by atoms with E-state index < -0.39 is 5.97 Å². The summed E-state index contributed by atoms with van der Waals surface area (Å²) in [5, 5.41) is 12.5. The van der Waals surface area contributed by atoms with Crippen molar-refractivity contribution in [2.75, 3.05) is 12.3 Å². The Morgan fingerprint density at radius 3 is 3.06 bits per heavy atom. The second kappa shape index (κ2) is 3.99. The summed E-state index contributed by atoms with van der Waals surface area (Å²) >= 11 is 0. The first kappa shape index (κ1) is 11.0. The van der Waals surface area contributed by atoms with Gasteiger partial charge in [0.05, 0.1) is 11.6 Å². The number of anilines is 1. The standard InChI is InChI=1S/C12H14N4O2/c13-7-3-4-9-10(12(17)18)15-11(16(9)6-7)8-2-1-5-14-8/h3-4,6,8,14H,1-2,5,13H2,(H,17,18). The fraction of sp³-hybridized carbons (Fsp3) is 0.333. The lowest BCUT2D eigenvalue weighted by Crippen LogP contribution is -2.16. The van der Waals surface area contributed by atoms with Gasteiger partial charge in [0.2, 0.25) is 0 Å². The van der Waals surface area contributed by atoms with Crippen LogP contribution in [0.1, 0.15) is 35.2 Å². The summed E-state index contributed by atoms with van der Waals surface area (Å²) < 4.78 is 1.78. The molecule has 0 spiro atoms. The fourth-order valence-electron chi connectivity index (χ4n) is 2.43. The minimum Gasteiger partial charge on any atom is -0.476 e. The third kappa shape index (κ3) is 1.62. The van der Waals surface area contributed by atoms with E-state index in [1.165, 1.54) is 0 Å². The Kier molecular flexibility index (Phi) is 2.45. The molecule has 94 valence electrons. The molecule has 0 bridgehead atoms. The van der Waals surface area contributed by atoms with Crippen molar-refractivity contribution in [3.63, 3.8) is 0 Å². The molecule has 0 saturated carbocycles. The number of aromatic carboxylic acids is 1. The van der Waals surface area contributed by atoms with Crippen molar-refractivity contribution < 1.29 is 9.90 Å².